The lowest BCUT2D eigenvalue weighted by molar-refractivity contribution is -0.123. The summed E-state index contributed by atoms with van der Waals surface area (Å²) in [5.41, 5.74) is 9.14. The number of hydrogen-bond acceptors (Lipinski definition) is 7. The molecule has 0 aliphatic carbocycles. The van der Waals surface area contributed by atoms with Crippen LogP contribution in [0.25, 0.3) is 0 Å². The number of primary amides is 1. The van der Waals surface area contributed by atoms with Gasteiger partial charge in [-0.2, -0.15) is 5.48 Å². The summed E-state index contributed by atoms with van der Waals surface area (Å²) in [6, 6.07) is 0.451. The lowest BCUT2D eigenvalue weighted by Crippen LogP contribution is -2.57. The number of likely N-dealkylation sites (tertiary alicyclic amines) is 2. The molecule has 0 bridgehead atoms. The summed E-state index contributed by atoms with van der Waals surface area (Å²) in [5, 5.41) is 7.47. The molecule has 4 unspecified atom stereocenters. The third kappa shape index (κ3) is 5.34. The van der Waals surface area contributed by atoms with E-state index in [1.54, 1.807) is 0 Å². The van der Waals surface area contributed by atoms with Crippen LogP contribution < -0.4 is 21.8 Å². The molecule has 4 rings (SSSR count). The van der Waals surface area contributed by atoms with E-state index >= 15 is 0 Å². The smallest absolute Gasteiger partial charge is 0.220 e. The maximum absolute atomic E-state index is 11.5. The summed E-state index contributed by atoms with van der Waals surface area (Å²) < 4.78 is 0. The van der Waals surface area contributed by atoms with Gasteiger partial charge in [0, 0.05) is 25.6 Å². The Bertz CT molecular complexity index is 589. The van der Waals surface area contributed by atoms with Gasteiger partial charge >= 0.3 is 0 Å². The Morgan fingerprint density at radius 3 is 2.60 bits per heavy atom. The van der Waals surface area contributed by atoms with E-state index in [4.69, 9.17) is 10.6 Å². The SMILES string of the molecule is CC(C)(C)CN1CCC[C@H]1C1NC(C2CCNC(N3CCC(C(N)=O)CC3)C2)NO1. The van der Waals surface area contributed by atoms with Crippen molar-refractivity contribution < 1.29 is 9.63 Å². The number of piperidine rings is 2. The summed E-state index contributed by atoms with van der Waals surface area (Å²) in [6.07, 6.45) is 7.12. The van der Waals surface area contributed by atoms with Crippen LogP contribution in [-0.4, -0.2) is 73.0 Å². The molecule has 4 fully saturated rings. The van der Waals surface area contributed by atoms with E-state index in [2.05, 4.69) is 46.7 Å². The Hall–Kier alpha value is -0.770. The molecule has 8 heteroatoms. The minimum atomic E-state index is -0.140. The number of rotatable bonds is 5. The number of amides is 1. The average Bonchev–Trinajstić information content (AvgIpc) is 3.36. The fourth-order valence-corrected chi connectivity index (χ4v) is 5.81. The highest BCUT2D eigenvalue weighted by Gasteiger charge is 2.42. The summed E-state index contributed by atoms with van der Waals surface area (Å²) in [7, 11) is 0. The number of hydroxylamine groups is 1. The molecule has 0 aromatic carbocycles. The summed E-state index contributed by atoms with van der Waals surface area (Å²) >= 11 is 0. The first-order valence-electron chi connectivity index (χ1n) is 12.0. The van der Waals surface area contributed by atoms with Crippen molar-refractivity contribution in [2.24, 2.45) is 23.0 Å². The molecule has 0 aromatic rings. The van der Waals surface area contributed by atoms with Crippen LogP contribution in [0.15, 0.2) is 0 Å². The molecule has 4 aliphatic rings. The number of nitrogens with two attached hydrogens (primary N) is 1. The van der Waals surface area contributed by atoms with Crippen LogP contribution in [0.4, 0.5) is 0 Å². The zero-order valence-corrected chi connectivity index (χ0v) is 19.0. The Morgan fingerprint density at radius 1 is 1.13 bits per heavy atom. The normalized spacial score (nSPS) is 37.6. The minimum Gasteiger partial charge on any atom is -0.369 e. The van der Waals surface area contributed by atoms with Gasteiger partial charge in [-0.05, 0) is 62.9 Å². The molecule has 4 aliphatic heterocycles. The summed E-state index contributed by atoms with van der Waals surface area (Å²) in [4.78, 5) is 22.6. The zero-order chi connectivity index (χ0) is 21.3. The van der Waals surface area contributed by atoms with Crippen molar-refractivity contribution in [1.82, 2.24) is 25.9 Å². The molecule has 172 valence electrons. The minimum absolute atomic E-state index is 0.0513. The monoisotopic (exact) mass is 422 g/mol. The fourth-order valence-electron chi connectivity index (χ4n) is 5.81. The molecule has 30 heavy (non-hydrogen) atoms. The average molecular weight is 423 g/mol. The Morgan fingerprint density at radius 2 is 1.90 bits per heavy atom. The number of nitrogens with zero attached hydrogens (tertiary/aromatic N) is 2. The lowest BCUT2D eigenvalue weighted by atomic mass is 9.90. The number of nitrogens with one attached hydrogen (secondary N) is 3. The molecule has 8 nitrogen and oxygen atoms in total. The predicted molar refractivity (Wildman–Crippen MR) is 117 cm³/mol. The molecule has 5 atom stereocenters. The Balaban J connectivity index is 1.28. The van der Waals surface area contributed by atoms with Crippen LogP contribution in [0.2, 0.25) is 0 Å². The van der Waals surface area contributed by atoms with E-state index in [-0.39, 0.29) is 24.2 Å². The standard InChI is InChI=1S/C22H42N6O2/c1-22(2,3)14-28-10-4-5-17(28)21-25-20(26-30-21)16-6-9-24-18(13-16)27-11-7-15(8-12-27)19(23)29/h15-18,20-21,24-26H,4-14H2,1-3H3,(H2,23,29)/t16?,17-,18?,20?,21?/m0/s1. The topological polar surface area (TPSA) is 94.9 Å². The van der Waals surface area contributed by atoms with Gasteiger partial charge in [0.1, 0.15) is 6.23 Å². The van der Waals surface area contributed by atoms with Gasteiger partial charge in [-0.3, -0.25) is 24.7 Å². The first kappa shape index (κ1) is 22.4. The Kier molecular flexibility index (Phi) is 7.01. The van der Waals surface area contributed by atoms with Gasteiger partial charge in [0.25, 0.3) is 0 Å². The number of carbonyl (C=O) groups excluding carboxylic acids is 1. The first-order valence-corrected chi connectivity index (χ1v) is 12.0. The van der Waals surface area contributed by atoms with Crippen molar-refractivity contribution in [3.05, 3.63) is 0 Å². The van der Waals surface area contributed by atoms with Crippen LogP contribution in [-0.2, 0) is 9.63 Å². The molecule has 0 spiro atoms. The van der Waals surface area contributed by atoms with Crippen molar-refractivity contribution in [3.63, 3.8) is 0 Å². The first-order chi connectivity index (χ1) is 14.3. The second kappa shape index (κ2) is 9.38. The van der Waals surface area contributed by atoms with Gasteiger partial charge in [-0.25, -0.2) is 0 Å². The molecule has 1 amide bonds. The molecule has 5 N–H and O–H groups in total. The van der Waals surface area contributed by atoms with E-state index in [0.29, 0.717) is 23.5 Å². The lowest BCUT2D eigenvalue weighted by Gasteiger charge is -2.42. The Labute approximate surface area is 181 Å². The number of hydrogen-bond donors (Lipinski definition) is 4. The maximum Gasteiger partial charge on any atom is 0.220 e. The third-order valence-corrected chi connectivity index (χ3v) is 7.37. The van der Waals surface area contributed by atoms with Crippen LogP contribution >= 0.6 is 0 Å². The molecular weight excluding hydrogens is 380 g/mol. The van der Waals surface area contributed by atoms with Crippen molar-refractivity contribution in [2.45, 2.75) is 83.9 Å². The second-order valence-electron chi connectivity index (χ2n) is 11.0. The maximum atomic E-state index is 11.5. The second-order valence-corrected chi connectivity index (χ2v) is 11.0. The van der Waals surface area contributed by atoms with Crippen molar-refractivity contribution in [3.8, 4) is 0 Å². The highest BCUT2D eigenvalue weighted by Crippen LogP contribution is 2.30. The molecule has 0 saturated carbocycles. The number of carbonyl (C=O) groups is 1. The van der Waals surface area contributed by atoms with Gasteiger partial charge in [-0.15, -0.1) is 0 Å². The van der Waals surface area contributed by atoms with E-state index in [9.17, 15) is 4.79 Å². The van der Waals surface area contributed by atoms with E-state index < -0.39 is 0 Å². The van der Waals surface area contributed by atoms with Gasteiger partial charge < -0.3 is 11.1 Å². The van der Waals surface area contributed by atoms with Crippen molar-refractivity contribution >= 4 is 5.91 Å². The van der Waals surface area contributed by atoms with Crippen LogP contribution in [0, 0.1) is 17.3 Å². The zero-order valence-electron chi connectivity index (χ0n) is 19.0. The van der Waals surface area contributed by atoms with Crippen molar-refractivity contribution in [1.29, 1.82) is 0 Å². The summed E-state index contributed by atoms with van der Waals surface area (Å²) in [6.45, 7) is 12.1. The highest BCUT2D eigenvalue weighted by molar-refractivity contribution is 5.76. The van der Waals surface area contributed by atoms with Gasteiger partial charge in [0.2, 0.25) is 5.91 Å². The largest absolute Gasteiger partial charge is 0.369 e. The highest BCUT2D eigenvalue weighted by atomic mass is 16.7. The van der Waals surface area contributed by atoms with Gasteiger partial charge in [-0.1, -0.05) is 20.8 Å². The van der Waals surface area contributed by atoms with Crippen LogP contribution in [0.3, 0.4) is 0 Å². The van der Waals surface area contributed by atoms with E-state index in [1.807, 2.05) is 0 Å². The molecular formula is C22H42N6O2. The molecule has 0 aromatic heterocycles. The quantitative estimate of drug-likeness (QED) is 0.520. The fraction of sp³-hybridized carbons (Fsp3) is 0.955. The van der Waals surface area contributed by atoms with Gasteiger partial charge in [0.05, 0.1) is 18.4 Å². The van der Waals surface area contributed by atoms with Gasteiger partial charge in [0.15, 0.2) is 0 Å². The summed E-state index contributed by atoms with van der Waals surface area (Å²) in [5.74, 6) is 0.446. The molecule has 4 heterocycles. The van der Waals surface area contributed by atoms with E-state index in [1.165, 1.54) is 19.4 Å². The van der Waals surface area contributed by atoms with Crippen LogP contribution in [0.1, 0.15) is 59.3 Å². The third-order valence-electron chi connectivity index (χ3n) is 7.37. The molecule has 4 saturated heterocycles. The van der Waals surface area contributed by atoms with Crippen LogP contribution in [0.5, 0.6) is 0 Å². The van der Waals surface area contributed by atoms with E-state index in [0.717, 1.165) is 51.9 Å². The van der Waals surface area contributed by atoms with Crippen molar-refractivity contribution in [2.75, 3.05) is 32.7 Å². The molecule has 0 radical (unpaired) electrons. The predicted octanol–water partition coefficient (Wildman–Crippen LogP) is 0.797.